The van der Waals surface area contributed by atoms with Gasteiger partial charge in [0.15, 0.2) is 0 Å². The van der Waals surface area contributed by atoms with E-state index < -0.39 is 0 Å². The molecule has 1 aromatic rings. The van der Waals surface area contributed by atoms with Gasteiger partial charge in [0, 0.05) is 13.2 Å². The van der Waals surface area contributed by atoms with Crippen LogP contribution in [0.5, 0.6) is 0 Å². The number of aromatic nitrogens is 1. The average molecular weight is 242 g/mol. The van der Waals surface area contributed by atoms with E-state index >= 15 is 0 Å². The van der Waals surface area contributed by atoms with Crippen molar-refractivity contribution in [1.82, 2.24) is 10.3 Å². The maximum Gasteiger partial charge on any atom is 0.141 e. The Bertz CT molecular complexity index is 319. The lowest BCUT2D eigenvalue weighted by molar-refractivity contribution is 0.121. The first-order valence-corrected chi connectivity index (χ1v) is 5.68. The van der Waals surface area contributed by atoms with Crippen LogP contribution in [0.2, 0.25) is 0 Å². The van der Waals surface area contributed by atoms with Crippen LogP contribution in [0.1, 0.15) is 25.1 Å². The highest BCUT2D eigenvalue weighted by atomic mass is 19.1. The van der Waals surface area contributed by atoms with Gasteiger partial charge in [-0.15, -0.1) is 0 Å². The normalized spacial score (nSPS) is 14.6. The zero-order valence-electron chi connectivity index (χ0n) is 10.2. The molecule has 4 nitrogen and oxygen atoms in total. The highest BCUT2D eigenvalue weighted by molar-refractivity contribution is 5.10. The van der Waals surface area contributed by atoms with Crippen molar-refractivity contribution >= 4 is 0 Å². The predicted octanol–water partition coefficient (Wildman–Crippen LogP) is 1.27. The minimum absolute atomic E-state index is 0.00840. The molecule has 0 bridgehead atoms. The molecule has 0 aliphatic heterocycles. The van der Waals surface area contributed by atoms with Crippen LogP contribution in [0.4, 0.5) is 4.39 Å². The summed E-state index contributed by atoms with van der Waals surface area (Å²) < 4.78 is 17.8. The first kappa shape index (κ1) is 14.0. The number of hydrogen-bond donors (Lipinski definition) is 2. The Hall–Kier alpha value is -1.04. The van der Waals surface area contributed by atoms with E-state index in [2.05, 4.69) is 10.3 Å². The summed E-state index contributed by atoms with van der Waals surface area (Å²) in [5.41, 5.74) is 0.767. The van der Waals surface area contributed by atoms with E-state index in [0.29, 0.717) is 6.61 Å². The van der Waals surface area contributed by atoms with Crippen molar-refractivity contribution in [2.75, 3.05) is 20.3 Å². The van der Waals surface area contributed by atoms with Crippen LogP contribution in [0.25, 0.3) is 0 Å². The molecule has 0 saturated carbocycles. The Kier molecular flexibility index (Phi) is 6.04. The van der Waals surface area contributed by atoms with Gasteiger partial charge in [-0.25, -0.2) is 4.39 Å². The van der Waals surface area contributed by atoms with Crippen LogP contribution in [-0.4, -0.2) is 36.5 Å². The van der Waals surface area contributed by atoms with Gasteiger partial charge in [0.05, 0.1) is 31.1 Å². The lowest BCUT2D eigenvalue weighted by atomic mass is 10.1. The van der Waals surface area contributed by atoms with Crippen molar-refractivity contribution in [3.8, 4) is 0 Å². The fraction of sp³-hybridized carbons (Fsp3) is 0.583. The number of rotatable bonds is 7. The van der Waals surface area contributed by atoms with E-state index in [1.165, 1.54) is 12.3 Å². The van der Waals surface area contributed by atoms with Gasteiger partial charge in [-0.2, -0.15) is 0 Å². The van der Waals surface area contributed by atoms with Gasteiger partial charge in [-0.1, -0.05) is 6.92 Å². The molecule has 0 fully saturated rings. The molecule has 0 radical (unpaired) electrons. The molecule has 0 aromatic carbocycles. The highest BCUT2D eigenvalue weighted by Crippen LogP contribution is 2.15. The van der Waals surface area contributed by atoms with Crippen LogP contribution in [0.3, 0.4) is 0 Å². The zero-order chi connectivity index (χ0) is 12.7. The van der Waals surface area contributed by atoms with Crippen LogP contribution >= 0.6 is 0 Å². The molecular weight excluding hydrogens is 223 g/mol. The molecule has 17 heavy (non-hydrogen) atoms. The molecule has 5 heteroatoms. The van der Waals surface area contributed by atoms with Gasteiger partial charge < -0.3 is 15.2 Å². The number of nitrogens with zero attached hydrogens (tertiary/aromatic N) is 1. The Morgan fingerprint density at radius 3 is 2.76 bits per heavy atom. The van der Waals surface area contributed by atoms with E-state index in [0.717, 1.165) is 12.1 Å². The molecular formula is C12H19FN2O2. The molecule has 1 rings (SSSR count). The second-order valence-electron chi connectivity index (χ2n) is 3.86. The number of nitrogens with one attached hydrogen (secondary N) is 1. The van der Waals surface area contributed by atoms with E-state index in [4.69, 9.17) is 9.84 Å². The molecule has 0 amide bonds. The Morgan fingerprint density at radius 1 is 1.53 bits per heavy atom. The van der Waals surface area contributed by atoms with Gasteiger partial charge in [0.2, 0.25) is 0 Å². The van der Waals surface area contributed by atoms with Crippen LogP contribution in [0.15, 0.2) is 18.3 Å². The van der Waals surface area contributed by atoms with E-state index in [9.17, 15) is 4.39 Å². The largest absolute Gasteiger partial charge is 0.395 e. The minimum atomic E-state index is -0.348. The molecule has 0 aliphatic rings. The number of hydrogen-bond acceptors (Lipinski definition) is 4. The van der Waals surface area contributed by atoms with E-state index in [1.54, 1.807) is 13.2 Å². The minimum Gasteiger partial charge on any atom is -0.395 e. The van der Waals surface area contributed by atoms with Gasteiger partial charge in [0.25, 0.3) is 0 Å². The van der Waals surface area contributed by atoms with Gasteiger partial charge in [-0.05, 0) is 18.6 Å². The predicted molar refractivity (Wildman–Crippen MR) is 63.1 cm³/mol. The monoisotopic (exact) mass is 242 g/mol. The lowest BCUT2D eigenvalue weighted by Gasteiger charge is -2.22. The Morgan fingerprint density at radius 2 is 2.29 bits per heavy atom. The van der Waals surface area contributed by atoms with Gasteiger partial charge in [0.1, 0.15) is 5.82 Å². The highest BCUT2D eigenvalue weighted by Gasteiger charge is 2.15. The molecule has 1 aromatic heterocycles. The summed E-state index contributed by atoms with van der Waals surface area (Å²) in [6.07, 6.45) is 2.00. The lowest BCUT2D eigenvalue weighted by Crippen LogP contribution is -2.39. The third kappa shape index (κ3) is 4.38. The zero-order valence-corrected chi connectivity index (χ0v) is 10.2. The quantitative estimate of drug-likeness (QED) is 0.756. The van der Waals surface area contributed by atoms with Crippen molar-refractivity contribution in [1.29, 1.82) is 0 Å². The molecule has 2 N–H and O–H groups in total. The standard InChI is InChI=1S/C12H19FN2O2/c1-3-11(15-10(7-16)8-17-2)12-5-4-9(13)6-14-12/h4-6,10-11,15-16H,3,7-8H2,1-2H3. The molecule has 0 saturated heterocycles. The summed E-state index contributed by atoms with van der Waals surface area (Å²) in [5.74, 6) is -0.348. The van der Waals surface area contributed by atoms with Crippen LogP contribution in [-0.2, 0) is 4.74 Å². The topological polar surface area (TPSA) is 54.4 Å². The average Bonchev–Trinajstić information content (AvgIpc) is 2.36. The molecule has 0 aliphatic carbocycles. The van der Waals surface area contributed by atoms with Crippen LogP contribution < -0.4 is 5.32 Å². The van der Waals surface area contributed by atoms with E-state index in [1.807, 2.05) is 6.92 Å². The summed E-state index contributed by atoms with van der Waals surface area (Å²) >= 11 is 0. The molecule has 2 atom stereocenters. The van der Waals surface area contributed by atoms with Crippen molar-refractivity contribution in [2.24, 2.45) is 0 Å². The number of aliphatic hydroxyl groups is 1. The molecule has 96 valence electrons. The molecule has 0 spiro atoms. The summed E-state index contributed by atoms with van der Waals surface area (Å²) in [7, 11) is 1.58. The van der Waals surface area contributed by atoms with E-state index in [-0.39, 0.29) is 24.5 Å². The third-order valence-corrected chi connectivity index (χ3v) is 2.54. The number of halogens is 1. The summed E-state index contributed by atoms with van der Waals surface area (Å²) in [5, 5.41) is 12.4. The second kappa shape index (κ2) is 7.32. The number of pyridine rings is 1. The van der Waals surface area contributed by atoms with Crippen molar-refractivity contribution in [2.45, 2.75) is 25.4 Å². The second-order valence-corrected chi connectivity index (χ2v) is 3.86. The molecule has 2 unspecified atom stereocenters. The van der Waals surface area contributed by atoms with Crippen molar-refractivity contribution < 1.29 is 14.2 Å². The maximum atomic E-state index is 12.8. The van der Waals surface area contributed by atoms with Gasteiger partial charge >= 0.3 is 0 Å². The van der Waals surface area contributed by atoms with Crippen molar-refractivity contribution in [3.63, 3.8) is 0 Å². The summed E-state index contributed by atoms with van der Waals surface area (Å²) in [4.78, 5) is 4.04. The van der Waals surface area contributed by atoms with Crippen LogP contribution in [0, 0.1) is 5.82 Å². The summed E-state index contributed by atoms with van der Waals surface area (Å²) in [6, 6.07) is 2.88. The number of aliphatic hydroxyl groups excluding tert-OH is 1. The van der Waals surface area contributed by atoms with Crippen molar-refractivity contribution in [3.05, 3.63) is 29.8 Å². The Balaban J connectivity index is 2.67. The third-order valence-electron chi connectivity index (χ3n) is 2.54. The Labute approximate surface area is 101 Å². The fourth-order valence-corrected chi connectivity index (χ4v) is 1.64. The fourth-order valence-electron chi connectivity index (χ4n) is 1.64. The maximum absolute atomic E-state index is 12.8. The smallest absolute Gasteiger partial charge is 0.141 e. The SMILES string of the molecule is CCC(NC(CO)COC)c1ccc(F)cn1. The first-order chi connectivity index (χ1) is 8.21. The molecule has 1 heterocycles. The first-order valence-electron chi connectivity index (χ1n) is 5.68. The van der Waals surface area contributed by atoms with Gasteiger partial charge in [-0.3, -0.25) is 4.98 Å². The number of methoxy groups -OCH3 is 1. The summed E-state index contributed by atoms with van der Waals surface area (Å²) in [6.45, 7) is 2.42. The number of ether oxygens (including phenoxy) is 1.